The molecule has 5 atom stereocenters. The number of H-pyrrole nitrogens is 1. The molecule has 2 aliphatic heterocycles. The Morgan fingerprint density at radius 3 is 2.23 bits per heavy atom. The van der Waals surface area contributed by atoms with Gasteiger partial charge in [0.2, 0.25) is 35.4 Å². The van der Waals surface area contributed by atoms with Gasteiger partial charge in [-0.3, -0.25) is 28.8 Å². The SMILES string of the molecule is CC(C)[C@@H]1NC(=O)CNC(=O)[C@H](C)NC(=O)[C@@H](Cc2c[nH]c3ccccc23)NC(=O)[C@@H](C(C)C)NC(=O)[C@@H]2CCCN2C1=O. The van der Waals surface area contributed by atoms with Crippen LogP contribution in [0, 0.1) is 11.8 Å². The number of para-hydroxylation sites is 1. The number of nitrogens with one attached hydrogen (secondary N) is 6. The van der Waals surface area contributed by atoms with Gasteiger partial charge in [0.15, 0.2) is 0 Å². The van der Waals surface area contributed by atoms with E-state index < -0.39 is 72.2 Å². The van der Waals surface area contributed by atoms with Gasteiger partial charge < -0.3 is 36.5 Å². The molecule has 13 heteroatoms. The maximum absolute atomic E-state index is 13.7. The van der Waals surface area contributed by atoms with Crippen molar-refractivity contribution in [2.45, 2.75) is 84.1 Å². The van der Waals surface area contributed by atoms with Gasteiger partial charge in [0.25, 0.3) is 0 Å². The molecule has 238 valence electrons. The summed E-state index contributed by atoms with van der Waals surface area (Å²) < 4.78 is 0. The smallest absolute Gasteiger partial charge is 0.246 e. The van der Waals surface area contributed by atoms with Crippen molar-refractivity contribution >= 4 is 46.3 Å². The molecule has 4 rings (SSSR count). The van der Waals surface area contributed by atoms with Gasteiger partial charge in [-0.15, -0.1) is 0 Å². The van der Waals surface area contributed by atoms with Crippen LogP contribution in [0.3, 0.4) is 0 Å². The van der Waals surface area contributed by atoms with E-state index in [4.69, 9.17) is 0 Å². The summed E-state index contributed by atoms with van der Waals surface area (Å²) in [5, 5.41) is 14.3. The normalized spacial score (nSPS) is 26.4. The summed E-state index contributed by atoms with van der Waals surface area (Å²) in [5.41, 5.74) is 1.64. The van der Waals surface area contributed by atoms with Crippen molar-refractivity contribution in [2.24, 2.45) is 11.8 Å². The van der Waals surface area contributed by atoms with Gasteiger partial charge in [0, 0.05) is 30.1 Å². The zero-order chi connectivity index (χ0) is 32.1. The van der Waals surface area contributed by atoms with Crippen LogP contribution in [-0.2, 0) is 35.2 Å². The molecule has 3 heterocycles. The first kappa shape index (κ1) is 32.5. The Hall–Kier alpha value is -4.42. The Morgan fingerprint density at radius 2 is 1.52 bits per heavy atom. The number of rotatable bonds is 4. The second kappa shape index (κ2) is 13.9. The lowest BCUT2D eigenvalue weighted by Crippen LogP contribution is -2.61. The van der Waals surface area contributed by atoms with E-state index in [2.05, 4.69) is 31.6 Å². The maximum Gasteiger partial charge on any atom is 0.246 e. The number of hydrogen-bond acceptors (Lipinski definition) is 6. The Balaban J connectivity index is 1.66. The average Bonchev–Trinajstić information content (AvgIpc) is 3.63. The maximum atomic E-state index is 13.7. The second-order valence-corrected chi connectivity index (χ2v) is 12.3. The predicted molar refractivity (Wildman–Crippen MR) is 163 cm³/mol. The molecule has 6 amide bonds. The van der Waals surface area contributed by atoms with Crippen LogP contribution in [0.25, 0.3) is 10.9 Å². The van der Waals surface area contributed by atoms with E-state index in [0.29, 0.717) is 19.4 Å². The number of aromatic amines is 1. The van der Waals surface area contributed by atoms with Crippen molar-refractivity contribution in [3.63, 3.8) is 0 Å². The van der Waals surface area contributed by atoms with Gasteiger partial charge >= 0.3 is 0 Å². The number of amides is 6. The first-order valence-electron chi connectivity index (χ1n) is 15.2. The van der Waals surface area contributed by atoms with E-state index in [1.165, 1.54) is 11.8 Å². The molecule has 0 unspecified atom stereocenters. The highest BCUT2D eigenvalue weighted by molar-refractivity contribution is 5.98. The Morgan fingerprint density at radius 1 is 0.818 bits per heavy atom. The summed E-state index contributed by atoms with van der Waals surface area (Å²) >= 11 is 0. The van der Waals surface area contributed by atoms with Crippen molar-refractivity contribution in [1.29, 1.82) is 0 Å². The van der Waals surface area contributed by atoms with Gasteiger partial charge in [-0.1, -0.05) is 45.9 Å². The number of benzene rings is 1. The number of nitrogens with zero attached hydrogens (tertiary/aromatic N) is 1. The molecule has 1 aromatic carbocycles. The van der Waals surface area contributed by atoms with Crippen LogP contribution in [0.5, 0.6) is 0 Å². The number of hydrogen-bond donors (Lipinski definition) is 6. The summed E-state index contributed by atoms with van der Waals surface area (Å²) in [6, 6.07) is 2.68. The summed E-state index contributed by atoms with van der Waals surface area (Å²) in [5.74, 6) is -3.85. The lowest BCUT2D eigenvalue weighted by molar-refractivity contribution is -0.143. The third kappa shape index (κ3) is 7.37. The quantitative estimate of drug-likeness (QED) is 0.286. The second-order valence-electron chi connectivity index (χ2n) is 12.3. The number of carbonyl (C=O) groups excluding carboxylic acids is 6. The van der Waals surface area contributed by atoms with Gasteiger partial charge in [-0.25, -0.2) is 0 Å². The minimum atomic E-state index is -1.09. The molecule has 2 saturated heterocycles. The van der Waals surface area contributed by atoms with E-state index in [9.17, 15) is 28.8 Å². The molecule has 0 aliphatic carbocycles. The van der Waals surface area contributed by atoms with Crippen molar-refractivity contribution in [2.75, 3.05) is 13.1 Å². The third-order valence-electron chi connectivity index (χ3n) is 8.24. The lowest BCUT2D eigenvalue weighted by Gasteiger charge is -2.32. The van der Waals surface area contributed by atoms with Crippen LogP contribution in [0.2, 0.25) is 0 Å². The van der Waals surface area contributed by atoms with Gasteiger partial charge in [0.05, 0.1) is 6.54 Å². The molecule has 44 heavy (non-hydrogen) atoms. The summed E-state index contributed by atoms with van der Waals surface area (Å²) in [6.07, 6.45) is 2.87. The van der Waals surface area contributed by atoms with Crippen molar-refractivity contribution in [3.05, 3.63) is 36.0 Å². The zero-order valence-corrected chi connectivity index (χ0v) is 25.9. The first-order chi connectivity index (χ1) is 20.9. The molecule has 2 aromatic rings. The van der Waals surface area contributed by atoms with Crippen LogP contribution in [0.4, 0.5) is 0 Å². The van der Waals surface area contributed by atoms with Crippen LogP contribution in [-0.4, -0.2) is 88.6 Å². The Bertz CT molecular complexity index is 1420. The lowest BCUT2D eigenvalue weighted by atomic mass is 9.99. The third-order valence-corrected chi connectivity index (χ3v) is 8.24. The topological polar surface area (TPSA) is 182 Å². The molecule has 6 N–H and O–H groups in total. The minimum Gasteiger partial charge on any atom is -0.361 e. The van der Waals surface area contributed by atoms with Crippen LogP contribution < -0.4 is 26.6 Å². The van der Waals surface area contributed by atoms with E-state index >= 15 is 0 Å². The predicted octanol–water partition coefficient (Wildman–Crippen LogP) is 0.102. The highest BCUT2D eigenvalue weighted by Crippen LogP contribution is 2.22. The van der Waals surface area contributed by atoms with Gasteiger partial charge in [0.1, 0.15) is 30.2 Å². The molecular formula is C31H43N7O6. The standard InChI is InChI=1S/C31H43N7O6/c1-16(2)25-30(43)35-22(13-19-14-32-21-10-7-6-9-20(19)21)28(41)34-18(5)27(40)33-15-24(39)36-26(17(3)4)31(44)38-12-8-11-23(38)29(42)37-25/h6-7,9-10,14,16-18,22-23,25-26,32H,8,11-13,15H2,1-5H3,(H,33,40)(H,34,41)(H,35,43)(H,36,39)(H,37,42)/t18-,22+,23-,25+,26-/m0/s1. The molecule has 13 nitrogen and oxygen atoms in total. The molecule has 2 fully saturated rings. The minimum absolute atomic E-state index is 0.110. The van der Waals surface area contributed by atoms with E-state index in [1.807, 2.05) is 24.3 Å². The van der Waals surface area contributed by atoms with Crippen LogP contribution in [0.15, 0.2) is 30.5 Å². The molecule has 1 aromatic heterocycles. The van der Waals surface area contributed by atoms with E-state index in [1.54, 1.807) is 33.9 Å². The fourth-order valence-electron chi connectivity index (χ4n) is 5.70. The molecular weight excluding hydrogens is 566 g/mol. The van der Waals surface area contributed by atoms with Crippen LogP contribution in [0.1, 0.15) is 53.0 Å². The fourth-order valence-corrected chi connectivity index (χ4v) is 5.70. The molecule has 2 aliphatic rings. The zero-order valence-electron chi connectivity index (χ0n) is 25.9. The first-order valence-corrected chi connectivity index (χ1v) is 15.2. The highest BCUT2D eigenvalue weighted by Gasteiger charge is 2.40. The van der Waals surface area contributed by atoms with E-state index in [-0.39, 0.29) is 18.3 Å². The monoisotopic (exact) mass is 609 g/mol. The molecule has 0 saturated carbocycles. The molecule has 0 spiro atoms. The Kier molecular flexibility index (Phi) is 10.3. The highest BCUT2D eigenvalue weighted by atomic mass is 16.2. The summed E-state index contributed by atoms with van der Waals surface area (Å²) in [6.45, 7) is 8.50. The van der Waals surface area contributed by atoms with Crippen molar-refractivity contribution in [3.8, 4) is 0 Å². The largest absolute Gasteiger partial charge is 0.361 e. The summed E-state index contributed by atoms with van der Waals surface area (Å²) in [7, 11) is 0. The molecule has 0 bridgehead atoms. The molecule has 0 radical (unpaired) electrons. The Labute approximate surface area is 256 Å². The van der Waals surface area contributed by atoms with Gasteiger partial charge in [-0.05, 0) is 43.2 Å². The number of fused-ring (bicyclic) bond motifs is 2. The van der Waals surface area contributed by atoms with Crippen molar-refractivity contribution < 1.29 is 28.8 Å². The fraction of sp³-hybridized carbons (Fsp3) is 0.548. The number of carbonyl (C=O) groups is 6. The van der Waals surface area contributed by atoms with Crippen LogP contribution >= 0.6 is 0 Å². The van der Waals surface area contributed by atoms with Gasteiger partial charge in [-0.2, -0.15) is 0 Å². The van der Waals surface area contributed by atoms with E-state index in [0.717, 1.165) is 16.5 Å². The average molecular weight is 610 g/mol. The summed E-state index contributed by atoms with van der Waals surface area (Å²) in [4.78, 5) is 84.7. The number of aromatic nitrogens is 1. The van der Waals surface area contributed by atoms with Crippen molar-refractivity contribution in [1.82, 2.24) is 36.5 Å².